The molecule has 0 radical (unpaired) electrons. The van der Waals surface area contributed by atoms with Crippen molar-refractivity contribution in [1.29, 1.82) is 0 Å². The summed E-state index contributed by atoms with van der Waals surface area (Å²) in [6, 6.07) is 15.1. The molecule has 2 atom stereocenters. The Kier molecular flexibility index (Phi) is 5.12. The third kappa shape index (κ3) is 3.56. The molecule has 0 bridgehead atoms. The highest BCUT2D eigenvalue weighted by atomic mass is 19.1. The number of carbonyl (C=O) groups is 1. The number of nitrogens with zero attached hydrogens (tertiary/aromatic N) is 2. The van der Waals surface area contributed by atoms with Gasteiger partial charge in [-0.25, -0.2) is 4.39 Å². The first-order valence-corrected chi connectivity index (χ1v) is 9.76. The Bertz CT molecular complexity index is 804. The van der Waals surface area contributed by atoms with Gasteiger partial charge >= 0.3 is 0 Å². The van der Waals surface area contributed by atoms with Crippen LogP contribution in [0.3, 0.4) is 0 Å². The van der Waals surface area contributed by atoms with Crippen LogP contribution < -0.4 is 10.6 Å². The van der Waals surface area contributed by atoms with Crippen molar-refractivity contribution in [3.63, 3.8) is 0 Å². The highest BCUT2D eigenvalue weighted by Crippen LogP contribution is 2.33. The third-order valence-corrected chi connectivity index (χ3v) is 5.90. The number of hydrogen-bond acceptors (Lipinski definition) is 3. The quantitative estimate of drug-likeness (QED) is 0.903. The minimum Gasteiger partial charge on any atom is -0.369 e. The smallest absolute Gasteiger partial charge is 0.253 e. The number of amides is 1. The SMILES string of the molecule is NC[C@@H]1CN(C(=O)c2ccc(N3CCCC3)c(F)c2)C[C@H]1c1ccccc1. The molecule has 5 heteroatoms. The first-order chi connectivity index (χ1) is 13.2. The lowest BCUT2D eigenvalue weighted by Gasteiger charge is -2.20. The Hall–Kier alpha value is -2.40. The van der Waals surface area contributed by atoms with Crippen LogP contribution in [-0.2, 0) is 0 Å². The van der Waals surface area contributed by atoms with Crippen LogP contribution in [0.2, 0.25) is 0 Å². The molecule has 1 amide bonds. The summed E-state index contributed by atoms with van der Waals surface area (Å²) in [5.74, 6) is 0.0367. The fourth-order valence-corrected chi connectivity index (χ4v) is 4.39. The topological polar surface area (TPSA) is 49.6 Å². The second-order valence-corrected chi connectivity index (χ2v) is 7.58. The van der Waals surface area contributed by atoms with E-state index in [1.165, 1.54) is 11.6 Å². The zero-order valence-corrected chi connectivity index (χ0v) is 15.5. The maximum Gasteiger partial charge on any atom is 0.253 e. The summed E-state index contributed by atoms with van der Waals surface area (Å²) in [5.41, 5.74) is 8.20. The fraction of sp³-hybridized carbons (Fsp3) is 0.409. The number of nitrogens with two attached hydrogens (primary N) is 1. The van der Waals surface area contributed by atoms with E-state index in [0.29, 0.717) is 30.9 Å². The van der Waals surface area contributed by atoms with E-state index >= 15 is 0 Å². The lowest BCUT2D eigenvalue weighted by atomic mass is 9.89. The summed E-state index contributed by atoms with van der Waals surface area (Å²) in [4.78, 5) is 16.8. The lowest BCUT2D eigenvalue weighted by molar-refractivity contribution is 0.0786. The average Bonchev–Trinajstić information content (AvgIpc) is 3.38. The largest absolute Gasteiger partial charge is 0.369 e. The minimum atomic E-state index is -0.308. The van der Waals surface area contributed by atoms with Crippen LogP contribution in [0.1, 0.15) is 34.7 Å². The molecule has 0 unspecified atom stereocenters. The number of carbonyl (C=O) groups excluding carboxylic acids is 1. The van der Waals surface area contributed by atoms with Crippen molar-refractivity contribution >= 4 is 11.6 Å². The van der Waals surface area contributed by atoms with Crippen molar-refractivity contribution in [2.24, 2.45) is 11.7 Å². The van der Waals surface area contributed by atoms with Crippen molar-refractivity contribution in [3.05, 3.63) is 65.5 Å². The minimum absolute atomic E-state index is 0.112. The van der Waals surface area contributed by atoms with Crippen LogP contribution in [0, 0.1) is 11.7 Å². The van der Waals surface area contributed by atoms with Crippen LogP contribution in [0.5, 0.6) is 0 Å². The molecule has 2 saturated heterocycles. The van der Waals surface area contributed by atoms with Gasteiger partial charge in [-0.1, -0.05) is 30.3 Å². The van der Waals surface area contributed by atoms with Crippen molar-refractivity contribution < 1.29 is 9.18 Å². The molecule has 4 nitrogen and oxygen atoms in total. The number of hydrogen-bond donors (Lipinski definition) is 1. The number of benzene rings is 2. The van der Waals surface area contributed by atoms with Gasteiger partial charge in [0.25, 0.3) is 5.91 Å². The zero-order chi connectivity index (χ0) is 18.8. The molecule has 0 aliphatic carbocycles. The van der Waals surface area contributed by atoms with Gasteiger partial charge in [0.1, 0.15) is 5.82 Å². The van der Waals surface area contributed by atoms with Crippen molar-refractivity contribution in [2.75, 3.05) is 37.6 Å². The molecule has 2 N–H and O–H groups in total. The van der Waals surface area contributed by atoms with Crippen molar-refractivity contribution in [2.45, 2.75) is 18.8 Å². The first kappa shape index (κ1) is 18.0. The highest BCUT2D eigenvalue weighted by Gasteiger charge is 2.35. The predicted molar refractivity (Wildman–Crippen MR) is 105 cm³/mol. The maximum atomic E-state index is 14.6. The summed E-state index contributed by atoms with van der Waals surface area (Å²) in [5, 5.41) is 0. The summed E-state index contributed by atoms with van der Waals surface area (Å²) in [6.07, 6.45) is 2.19. The fourth-order valence-electron chi connectivity index (χ4n) is 4.39. The summed E-state index contributed by atoms with van der Waals surface area (Å²) < 4.78 is 14.6. The first-order valence-electron chi connectivity index (χ1n) is 9.76. The third-order valence-electron chi connectivity index (χ3n) is 5.90. The molecule has 2 aliphatic heterocycles. The van der Waals surface area contributed by atoms with Gasteiger partial charge in [0.2, 0.25) is 0 Å². The molecule has 27 heavy (non-hydrogen) atoms. The molecule has 4 rings (SSSR count). The number of halogens is 1. The molecule has 2 fully saturated rings. The zero-order valence-electron chi connectivity index (χ0n) is 15.5. The maximum absolute atomic E-state index is 14.6. The molecule has 0 saturated carbocycles. The average molecular weight is 367 g/mol. The molecule has 2 aliphatic rings. The van der Waals surface area contributed by atoms with E-state index in [9.17, 15) is 9.18 Å². The van der Waals surface area contributed by atoms with E-state index < -0.39 is 0 Å². The van der Waals surface area contributed by atoms with E-state index in [1.54, 1.807) is 12.1 Å². The van der Waals surface area contributed by atoms with Gasteiger partial charge in [-0.15, -0.1) is 0 Å². The Labute approximate surface area is 159 Å². The Morgan fingerprint density at radius 2 is 1.81 bits per heavy atom. The number of rotatable bonds is 4. The Balaban J connectivity index is 1.52. The van der Waals surface area contributed by atoms with E-state index in [2.05, 4.69) is 17.0 Å². The standard InChI is InChI=1S/C22H26FN3O/c23-20-12-17(8-9-21(20)25-10-4-5-11-25)22(27)26-14-18(13-24)19(15-26)16-6-2-1-3-7-16/h1-3,6-9,12,18-19H,4-5,10-11,13-15,24H2/t18-,19+/m1/s1. The van der Waals surface area contributed by atoms with Crippen LogP contribution in [0.15, 0.2) is 48.5 Å². The summed E-state index contributed by atoms with van der Waals surface area (Å²) >= 11 is 0. The second kappa shape index (κ2) is 7.69. The van der Waals surface area contributed by atoms with Gasteiger partial charge in [-0.05, 0) is 49.1 Å². The second-order valence-electron chi connectivity index (χ2n) is 7.58. The van der Waals surface area contributed by atoms with Crippen molar-refractivity contribution in [1.82, 2.24) is 4.90 Å². The summed E-state index contributed by atoms with van der Waals surface area (Å²) in [7, 11) is 0. The van der Waals surface area contributed by atoms with Gasteiger partial charge in [-0.2, -0.15) is 0 Å². The normalized spacial score (nSPS) is 22.4. The molecule has 142 valence electrons. The van der Waals surface area contributed by atoms with Gasteiger partial charge in [0.05, 0.1) is 5.69 Å². The number of likely N-dealkylation sites (tertiary alicyclic amines) is 1. The molecule has 2 aromatic carbocycles. The number of anilines is 1. The Morgan fingerprint density at radius 1 is 1.07 bits per heavy atom. The predicted octanol–water partition coefficient (Wildman–Crippen LogP) is 3.24. The van der Waals surface area contributed by atoms with E-state index in [0.717, 1.165) is 25.9 Å². The van der Waals surface area contributed by atoms with Gasteiger partial charge in [0, 0.05) is 37.7 Å². The van der Waals surface area contributed by atoms with Gasteiger partial charge < -0.3 is 15.5 Å². The lowest BCUT2D eigenvalue weighted by Crippen LogP contribution is -2.30. The highest BCUT2D eigenvalue weighted by molar-refractivity contribution is 5.95. The summed E-state index contributed by atoms with van der Waals surface area (Å²) in [6.45, 7) is 3.54. The van der Waals surface area contributed by atoms with Crippen LogP contribution in [-0.4, -0.2) is 43.5 Å². The van der Waals surface area contributed by atoms with Crippen LogP contribution >= 0.6 is 0 Å². The van der Waals surface area contributed by atoms with Crippen LogP contribution in [0.4, 0.5) is 10.1 Å². The van der Waals surface area contributed by atoms with E-state index in [-0.39, 0.29) is 23.6 Å². The van der Waals surface area contributed by atoms with Crippen molar-refractivity contribution in [3.8, 4) is 0 Å². The Morgan fingerprint density at radius 3 is 2.48 bits per heavy atom. The molecular weight excluding hydrogens is 341 g/mol. The molecule has 0 aromatic heterocycles. The molecule has 2 heterocycles. The molecule has 2 aromatic rings. The molecular formula is C22H26FN3O. The molecule has 0 spiro atoms. The van der Waals surface area contributed by atoms with Gasteiger partial charge in [-0.3, -0.25) is 4.79 Å². The van der Waals surface area contributed by atoms with Gasteiger partial charge in [0.15, 0.2) is 0 Å². The van der Waals surface area contributed by atoms with E-state index in [4.69, 9.17) is 5.73 Å². The van der Waals surface area contributed by atoms with Crippen LogP contribution in [0.25, 0.3) is 0 Å². The van der Waals surface area contributed by atoms with E-state index in [1.807, 2.05) is 23.1 Å². The monoisotopic (exact) mass is 367 g/mol.